The zero-order chi connectivity index (χ0) is 14.7. The van der Waals surface area contributed by atoms with E-state index in [0.717, 1.165) is 44.2 Å². The van der Waals surface area contributed by atoms with Gasteiger partial charge in [-0.2, -0.15) is 5.10 Å². The van der Waals surface area contributed by atoms with Crippen molar-refractivity contribution in [2.75, 3.05) is 36.5 Å². The number of hydrogen-bond donors (Lipinski definition) is 1. The number of aromatic nitrogens is 2. The van der Waals surface area contributed by atoms with Crippen LogP contribution >= 0.6 is 0 Å². The molecule has 0 amide bonds. The standard InChI is InChI=1S/C16H22N4O/c1-13-11-16(19(2)18-13)12-17-14-3-5-15(6-4-14)20-7-9-21-10-8-20/h3-6,11,17H,7-10,12H2,1-2H3. The van der Waals surface area contributed by atoms with Crippen LogP contribution in [0.25, 0.3) is 0 Å². The minimum Gasteiger partial charge on any atom is -0.379 e. The third-order valence-corrected chi connectivity index (χ3v) is 3.82. The summed E-state index contributed by atoms with van der Waals surface area (Å²) in [5.41, 5.74) is 4.63. The van der Waals surface area contributed by atoms with Crippen LogP contribution in [-0.2, 0) is 18.3 Å². The highest BCUT2D eigenvalue weighted by molar-refractivity contribution is 5.55. The molecule has 2 aromatic rings. The van der Waals surface area contributed by atoms with E-state index < -0.39 is 0 Å². The van der Waals surface area contributed by atoms with Gasteiger partial charge in [0.2, 0.25) is 0 Å². The first kappa shape index (κ1) is 13.9. The molecule has 3 rings (SSSR count). The van der Waals surface area contributed by atoms with Crippen LogP contribution in [0.4, 0.5) is 11.4 Å². The number of anilines is 2. The summed E-state index contributed by atoms with van der Waals surface area (Å²) in [6.07, 6.45) is 0. The van der Waals surface area contributed by atoms with Crippen molar-refractivity contribution < 1.29 is 4.74 Å². The number of hydrogen-bond acceptors (Lipinski definition) is 4. The van der Waals surface area contributed by atoms with Crippen LogP contribution in [0.3, 0.4) is 0 Å². The molecule has 1 N–H and O–H groups in total. The van der Waals surface area contributed by atoms with Gasteiger partial charge in [0.05, 0.1) is 31.1 Å². The van der Waals surface area contributed by atoms with Crippen LogP contribution in [-0.4, -0.2) is 36.1 Å². The van der Waals surface area contributed by atoms with Crippen molar-refractivity contribution in [3.63, 3.8) is 0 Å². The third kappa shape index (κ3) is 3.36. The predicted molar refractivity (Wildman–Crippen MR) is 84.7 cm³/mol. The van der Waals surface area contributed by atoms with Gasteiger partial charge < -0.3 is 15.0 Å². The SMILES string of the molecule is Cc1cc(CNc2ccc(N3CCOCC3)cc2)n(C)n1. The molecule has 0 atom stereocenters. The van der Waals surface area contributed by atoms with Gasteiger partial charge >= 0.3 is 0 Å². The second-order valence-corrected chi connectivity index (χ2v) is 5.40. The normalized spacial score (nSPS) is 15.2. The number of morpholine rings is 1. The Labute approximate surface area is 125 Å². The summed E-state index contributed by atoms with van der Waals surface area (Å²) in [7, 11) is 1.98. The predicted octanol–water partition coefficient (Wildman–Crippen LogP) is 2.18. The van der Waals surface area contributed by atoms with Gasteiger partial charge in [0.15, 0.2) is 0 Å². The quantitative estimate of drug-likeness (QED) is 0.935. The zero-order valence-electron chi connectivity index (χ0n) is 12.7. The molecule has 0 unspecified atom stereocenters. The first-order valence-corrected chi connectivity index (χ1v) is 7.38. The molecule has 112 valence electrons. The van der Waals surface area contributed by atoms with E-state index in [0.29, 0.717) is 0 Å². The highest BCUT2D eigenvalue weighted by Crippen LogP contribution is 2.19. The van der Waals surface area contributed by atoms with Crippen molar-refractivity contribution >= 4 is 11.4 Å². The van der Waals surface area contributed by atoms with Crippen LogP contribution in [0.5, 0.6) is 0 Å². The van der Waals surface area contributed by atoms with E-state index in [1.165, 1.54) is 11.4 Å². The lowest BCUT2D eigenvalue weighted by Crippen LogP contribution is -2.36. The Morgan fingerprint density at radius 2 is 1.90 bits per heavy atom. The minimum absolute atomic E-state index is 0.786. The fraction of sp³-hybridized carbons (Fsp3) is 0.438. The molecular formula is C16H22N4O. The van der Waals surface area contributed by atoms with Crippen LogP contribution < -0.4 is 10.2 Å². The number of nitrogens with zero attached hydrogens (tertiary/aromatic N) is 3. The minimum atomic E-state index is 0.786. The van der Waals surface area contributed by atoms with Gasteiger partial charge in [0.25, 0.3) is 0 Å². The monoisotopic (exact) mass is 286 g/mol. The summed E-state index contributed by atoms with van der Waals surface area (Å²) in [6.45, 7) is 6.39. The van der Waals surface area contributed by atoms with Gasteiger partial charge in [-0.3, -0.25) is 4.68 Å². The summed E-state index contributed by atoms with van der Waals surface area (Å²) in [4.78, 5) is 2.36. The Balaban J connectivity index is 1.60. The van der Waals surface area contributed by atoms with Gasteiger partial charge in [-0.15, -0.1) is 0 Å². The second-order valence-electron chi connectivity index (χ2n) is 5.40. The van der Waals surface area contributed by atoms with Crippen molar-refractivity contribution in [3.8, 4) is 0 Å². The van der Waals surface area contributed by atoms with Crippen LogP contribution in [0.2, 0.25) is 0 Å². The topological polar surface area (TPSA) is 42.3 Å². The molecule has 0 spiro atoms. The van der Waals surface area contributed by atoms with Crippen molar-refractivity contribution in [1.29, 1.82) is 0 Å². The maximum absolute atomic E-state index is 5.38. The molecule has 21 heavy (non-hydrogen) atoms. The summed E-state index contributed by atoms with van der Waals surface area (Å²) in [6, 6.07) is 10.7. The molecule has 0 bridgehead atoms. The molecular weight excluding hydrogens is 264 g/mol. The highest BCUT2D eigenvalue weighted by Gasteiger charge is 2.10. The number of benzene rings is 1. The van der Waals surface area contributed by atoms with Gasteiger partial charge in [-0.1, -0.05) is 0 Å². The second kappa shape index (κ2) is 6.18. The van der Waals surface area contributed by atoms with E-state index in [9.17, 15) is 0 Å². The first-order chi connectivity index (χ1) is 10.2. The van der Waals surface area contributed by atoms with Crippen molar-refractivity contribution in [3.05, 3.63) is 41.7 Å². The Kier molecular flexibility index (Phi) is 4.10. The maximum Gasteiger partial charge on any atom is 0.0642 e. The average molecular weight is 286 g/mol. The average Bonchev–Trinajstić information content (AvgIpc) is 2.84. The Bertz CT molecular complexity index is 585. The number of rotatable bonds is 4. The Morgan fingerprint density at radius 3 is 2.52 bits per heavy atom. The van der Waals surface area contributed by atoms with Crippen LogP contribution in [0.1, 0.15) is 11.4 Å². The number of aryl methyl sites for hydroxylation is 2. The zero-order valence-corrected chi connectivity index (χ0v) is 12.7. The molecule has 1 aromatic carbocycles. The Morgan fingerprint density at radius 1 is 1.19 bits per heavy atom. The summed E-state index contributed by atoms with van der Waals surface area (Å²) < 4.78 is 7.30. The molecule has 1 aliphatic heterocycles. The summed E-state index contributed by atoms with van der Waals surface area (Å²) >= 11 is 0. The van der Waals surface area contributed by atoms with Gasteiger partial charge in [-0.25, -0.2) is 0 Å². The van der Waals surface area contributed by atoms with Crippen LogP contribution in [0, 0.1) is 6.92 Å². The van der Waals surface area contributed by atoms with E-state index >= 15 is 0 Å². The third-order valence-electron chi connectivity index (χ3n) is 3.82. The lowest BCUT2D eigenvalue weighted by Gasteiger charge is -2.28. The van der Waals surface area contributed by atoms with Crippen molar-refractivity contribution in [2.45, 2.75) is 13.5 Å². The molecule has 1 aromatic heterocycles. The van der Waals surface area contributed by atoms with Gasteiger partial charge in [-0.05, 0) is 37.3 Å². The summed E-state index contributed by atoms with van der Waals surface area (Å²) in [5, 5.41) is 7.80. The molecule has 1 aliphatic rings. The number of ether oxygens (including phenoxy) is 1. The Hall–Kier alpha value is -2.01. The summed E-state index contributed by atoms with van der Waals surface area (Å²) in [5.74, 6) is 0. The van der Waals surface area contributed by atoms with E-state index in [-0.39, 0.29) is 0 Å². The van der Waals surface area contributed by atoms with E-state index in [4.69, 9.17) is 4.74 Å². The first-order valence-electron chi connectivity index (χ1n) is 7.38. The molecule has 2 heterocycles. The maximum atomic E-state index is 5.38. The van der Waals surface area contributed by atoms with E-state index in [1.807, 2.05) is 18.7 Å². The lowest BCUT2D eigenvalue weighted by atomic mass is 10.2. The van der Waals surface area contributed by atoms with Gasteiger partial charge in [0, 0.05) is 31.5 Å². The van der Waals surface area contributed by atoms with Gasteiger partial charge in [0.1, 0.15) is 0 Å². The molecule has 1 fully saturated rings. The fourth-order valence-corrected chi connectivity index (χ4v) is 2.63. The fourth-order valence-electron chi connectivity index (χ4n) is 2.63. The largest absolute Gasteiger partial charge is 0.379 e. The molecule has 5 heteroatoms. The smallest absolute Gasteiger partial charge is 0.0642 e. The van der Waals surface area contributed by atoms with Crippen LogP contribution in [0.15, 0.2) is 30.3 Å². The van der Waals surface area contributed by atoms with Crippen molar-refractivity contribution in [2.24, 2.45) is 7.05 Å². The van der Waals surface area contributed by atoms with E-state index in [1.54, 1.807) is 0 Å². The number of nitrogens with one attached hydrogen (secondary N) is 1. The lowest BCUT2D eigenvalue weighted by molar-refractivity contribution is 0.122. The molecule has 0 saturated carbocycles. The molecule has 5 nitrogen and oxygen atoms in total. The molecule has 0 aliphatic carbocycles. The highest BCUT2D eigenvalue weighted by atomic mass is 16.5. The van der Waals surface area contributed by atoms with Crippen molar-refractivity contribution in [1.82, 2.24) is 9.78 Å². The molecule has 0 radical (unpaired) electrons. The molecule has 1 saturated heterocycles. The van der Waals surface area contributed by atoms with E-state index in [2.05, 4.69) is 45.6 Å².